The largest absolute Gasteiger partial charge is 0.396 e. The molecule has 0 fully saturated rings. The summed E-state index contributed by atoms with van der Waals surface area (Å²) in [7, 11) is 0. The minimum absolute atomic E-state index is 0.0407. The Bertz CT molecular complexity index is 1150. The highest BCUT2D eigenvalue weighted by molar-refractivity contribution is 6.01. The summed E-state index contributed by atoms with van der Waals surface area (Å²) in [4.78, 5) is 21.0. The van der Waals surface area contributed by atoms with Crippen LogP contribution in [0.3, 0.4) is 0 Å². The number of nitrogens with one attached hydrogen (secondary N) is 1. The number of aromatic nitrogens is 3. The van der Waals surface area contributed by atoms with Gasteiger partial charge in [0.25, 0.3) is 5.91 Å². The van der Waals surface area contributed by atoms with Crippen LogP contribution in [0.2, 0.25) is 0 Å². The fraction of sp³-hybridized carbons (Fsp3) is 0.136. The van der Waals surface area contributed by atoms with Gasteiger partial charge in [0, 0.05) is 36.2 Å². The number of aliphatic hydroxyl groups excluding tert-OH is 1. The third-order valence-corrected chi connectivity index (χ3v) is 4.70. The summed E-state index contributed by atoms with van der Waals surface area (Å²) < 4.78 is 1.92. The van der Waals surface area contributed by atoms with Gasteiger partial charge in [-0.15, -0.1) is 0 Å². The number of aliphatic hydroxyl groups is 1. The van der Waals surface area contributed by atoms with E-state index in [4.69, 9.17) is 10.8 Å². The third-order valence-electron chi connectivity index (χ3n) is 4.70. The van der Waals surface area contributed by atoms with Crippen LogP contribution in [-0.4, -0.2) is 38.7 Å². The molecule has 2 aromatic carbocycles. The van der Waals surface area contributed by atoms with Crippen molar-refractivity contribution in [3.8, 4) is 16.8 Å². The fourth-order valence-corrected chi connectivity index (χ4v) is 3.30. The Hall–Kier alpha value is -3.71. The smallest absolute Gasteiger partial charge is 0.251 e. The number of nitrogens with zero attached hydrogens (tertiary/aromatic N) is 3. The zero-order chi connectivity index (χ0) is 20.2. The minimum Gasteiger partial charge on any atom is -0.396 e. The number of amides is 1. The van der Waals surface area contributed by atoms with Gasteiger partial charge in [0.1, 0.15) is 12.1 Å². The van der Waals surface area contributed by atoms with E-state index in [-0.39, 0.29) is 12.5 Å². The van der Waals surface area contributed by atoms with Crippen molar-refractivity contribution >= 4 is 22.8 Å². The van der Waals surface area contributed by atoms with E-state index in [1.807, 2.05) is 53.2 Å². The number of carbonyl (C=O) groups is 1. The maximum Gasteiger partial charge on any atom is 0.251 e. The lowest BCUT2D eigenvalue weighted by molar-refractivity contribution is 0.0951. The van der Waals surface area contributed by atoms with Crippen molar-refractivity contribution < 1.29 is 9.90 Å². The minimum atomic E-state index is -0.186. The van der Waals surface area contributed by atoms with E-state index in [0.29, 0.717) is 30.0 Å². The average Bonchev–Trinajstić information content (AvgIpc) is 3.16. The molecule has 146 valence electrons. The van der Waals surface area contributed by atoms with E-state index in [1.54, 1.807) is 12.1 Å². The first-order valence-corrected chi connectivity index (χ1v) is 9.35. The van der Waals surface area contributed by atoms with E-state index in [0.717, 1.165) is 22.2 Å². The standard InChI is InChI=1S/C22H21N5O2/c23-20-19-18(15-6-2-1-3-7-15)13-27(21(19)26-14-25-20)17-9-4-8-16(12-17)22(29)24-10-5-11-28/h1-4,6-9,12-14,28H,5,10-11H2,(H,24,29)(H2,23,25,26). The number of hydrogen-bond acceptors (Lipinski definition) is 5. The summed E-state index contributed by atoms with van der Waals surface area (Å²) in [5.74, 6) is 0.222. The highest BCUT2D eigenvalue weighted by atomic mass is 16.3. The number of benzene rings is 2. The van der Waals surface area contributed by atoms with Crippen molar-refractivity contribution in [1.82, 2.24) is 19.9 Å². The van der Waals surface area contributed by atoms with Crippen LogP contribution in [0.1, 0.15) is 16.8 Å². The fourth-order valence-electron chi connectivity index (χ4n) is 3.30. The molecule has 0 aliphatic heterocycles. The van der Waals surface area contributed by atoms with Gasteiger partial charge >= 0.3 is 0 Å². The molecule has 0 unspecified atom stereocenters. The van der Waals surface area contributed by atoms with Gasteiger partial charge in [0.15, 0.2) is 5.65 Å². The molecule has 4 aromatic rings. The molecule has 2 heterocycles. The number of rotatable bonds is 6. The molecule has 7 heteroatoms. The lowest BCUT2D eigenvalue weighted by Crippen LogP contribution is -2.25. The average molecular weight is 387 g/mol. The highest BCUT2D eigenvalue weighted by Crippen LogP contribution is 2.34. The second-order valence-corrected chi connectivity index (χ2v) is 6.62. The Labute approximate surface area is 167 Å². The Morgan fingerprint density at radius 3 is 2.72 bits per heavy atom. The van der Waals surface area contributed by atoms with E-state index >= 15 is 0 Å². The molecule has 0 aliphatic rings. The molecule has 0 bridgehead atoms. The van der Waals surface area contributed by atoms with Crippen molar-refractivity contribution in [1.29, 1.82) is 0 Å². The predicted octanol–water partition coefficient (Wildman–Crippen LogP) is 2.78. The Morgan fingerprint density at radius 1 is 1.10 bits per heavy atom. The second-order valence-electron chi connectivity index (χ2n) is 6.62. The lowest BCUT2D eigenvalue weighted by atomic mass is 10.1. The number of fused-ring (bicyclic) bond motifs is 1. The van der Waals surface area contributed by atoms with Gasteiger partial charge in [-0.2, -0.15) is 0 Å². The molecule has 2 aromatic heterocycles. The van der Waals surface area contributed by atoms with Crippen LogP contribution in [0.5, 0.6) is 0 Å². The molecular weight excluding hydrogens is 366 g/mol. The normalized spacial score (nSPS) is 10.9. The maximum atomic E-state index is 12.4. The molecule has 7 nitrogen and oxygen atoms in total. The zero-order valence-corrected chi connectivity index (χ0v) is 15.7. The number of nitrogen functional groups attached to an aromatic ring is 1. The third kappa shape index (κ3) is 3.68. The van der Waals surface area contributed by atoms with Crippen molar-refractivity contribution in [2.24, 2.45) is 0 Å². The van der Waals surface area contributed by atoms with Crippen LogP contribution in [-0.2, 0) is 0 Å². The predicted molar refractivity (Wildman–Crippen MR) is 113 cm³/mol. The summed E-state index contributed by atoms with van der Waals surface area (Å²) in [5, 5.41) is 12.5. The van der Waals surface area contributed by atoms with Crippen LogP contribution in [0.4, 0.5) is 5.82 Å². The van der Waals surface area contributed by atoms with Crippen molar-refractivity contribution in [2.75, 3.05) is 18.9 Å². The molecule has 1 amide bonds. The Balaban J connectivity index is 1.80. The molecule has 0 spiro atoms. The molecule has 0 aliphatic carbocycles. The first kappa shape index (κ1) is 18.6. The number of anilines is 1. The number of carbonyl (C=O) groups excluding carboxylic acids is 1. The Kier molecular flexibility index (Phi) is 5.22. The summed E-state index contributed by atoms with van der Waals surface area (Å²) in [5.41, 5.74) is 10.1. The zero-order valence-electron chi connectivity index (χ0n) is 15.7. The van der Waals surface area contributed by atoms with Crippen molar-refractivity contribution in [2.45, 2.75) is 6.42 Å². The van der Waals surface area contributed by atoms with Crippen LogP contribution in [0, 0.1) is 0 Å². The van der Waals surface area contributed by atoms with Crippen molar-refractivity contribution in [3.63, 3.8) is 0 Å². The van der Waals surface area contributed by atoms with Crippen LogP contribution < -0.4 is 11.1 Å². The molecule has 0 radical (unpaired) electrons. The quantitative estimate of drug-likeness (QED) is 0.441. The van der Waals surface area contributed by atoms with Gasteiger partial charge in [0.05, 0.1) is 5.39 Å². The van der Waals surface area contributed by atoms with Gasteiger partial charge in [-0.05, 0) is 30.2 Å². The molecule has 4 N–H and O–H groups in total. The Morgan fingerprint density at radius 2 is 1.93 bits per heavy atom. The van der Waals surface area contributed by atoms with Gasteiger partial charge < -0.3 is 20.7 Å². The monoisotopic (exact) mass is 387 g/mol. The molecule has 0 saturated carbocycles. The topological polar surface area (TPSA) is 106 Å². The highest BCUT2D eigenvalue weighted by Gasteiger charge is 2.16. The van der Waals surface area contributed by atoms with Gasteiger partial charge in [-0.25, -0.2) is 9.97 Å². The van der Waals surface area contributed by atoms with Gasteiger partial charge in [0.2, 0.25) is 0 Å². The molecular formula is C22H21N5O2. The summed E-state index contributed by atoms with van der Waals surface area (Å²) >= 11 is 0. The second kappa shape index (κ2) is 8.12. The number of hydrogen-bond donors (Lipinski definition) is 3. The van der Waals surface area contributed by atoms with E-state index in [1.165, 1.54) is 6.33 Å². The SMILES string of the molecule is Nc1ncnc2c1c(-c1ccccc1)cn2-c1cccc(C(=O)NCCCO)c1. The lowest BCUT2D eigenvalue weighted by Gasteiger charge is -2.08. The van der Waals surface area contributed by atoms with E-state index < -0.39 is 0 Å². The van der Waals surface area contributed by atoms with Crippen LogP contribution >= 0.6 is 0 Å². The number of nitrogens with two attached hydrogens (primary N) is 1. The first-order chi connectivity index (χ1) is 14.2. The van der Waals surface area contributed by atoms with Crippen molar-refractivity contribution in [3.05, 3.63) is 72.7 Å². The first-order valence-electron chi connectivity index (χ1n) is 9.35. The van der Waals surface area contributed by atoms with Gasteiger partial charge in [-0.3, -0.25) is 4.79 Å². The van der Waals surface area contributed by atoms with Crippen LogP contribution in [0.15, 0.2) is 67.1 Å². The van der Waals surface area contributed by atoms with Crippen LogP contribution in [0.25, 0.3) is 27.8 Å². The molecule has 29 heavy (non-hydrogen) atoms. The van der Waals surface area contributed by atoms with Gasteiger partial charge in [-0.1, -0.05) is 36.4 Å². The maximum absolute atomic E-state index is 12.4. The van der Waals surface area contributed by atoms with E-state index in [2.05, 4.69) is 15.3 Å². The summed E-state index contributed by atoms with van der Waals surface area (Å²) in [6.07, 6.45) is 3.92. The molecule has 0 atom stereocenters. The van der Waals surface area contributed by atoms with E-state index in [9.17, 15) is 4.79 Å². The molecule has 4 rings (SSSR count). The molecule has 0 saturated heterocycles. The summed E-state index contributed by atoms with van der Waals surface area (Å²) in [6, 6.07) is 17.2. The summed E-state index contributed by atoms with van der Waals surface area (Å²) in [6.45, 7) is 0.465.